The van der Waals surface area contributed by atoms with Crippen molar-refractivity contribution in [2.45, 2.75) is 6.92 Å². The van der Waals surface area contributed by atoms with Crippen LogP contribution in [0.15, 0.2) is 22.7 Å². The third-order valence-corrected chi connectivity index (χ3v) is 2.24. The number of carbonyl (C=O) groups excluding carboxylic acids is 1. The highest BCUT2D eigenvalue weighted by atomic mass is 79.9. The van der Waals surface area contributed by atoms with Crippen molar-refractivity contribution < 1.29 is 4.79 Å². The number of para-hydroxylation sites is 1. The van der Waals surface area contributed by atoms with Crippen LogP contribution >= 0.6 is 27.5 Å². The Balaban J connectivity index is 3.04. The molecule has 1 amide bonds. The van der Waals surface area contributed by atoms with Gasteiger partial charge in [0.15, 0.2) is 0 Å². The monoisotopic (exact) mass is 247 g/mol. The van der Waals surface area contributed by atoms with Crippen LogP contribution in [-0.2, 0) is 4.79 Å². The first-order valence-electron chi connectivity index (χ1n) is 3.33. The molecule has 0 saturated heterocycles. The number of amides is 1. The molecule has 0 heterocycles. The normalized spacial score (nSPS) is 9.58. The quantitative estimate of drug-likeness (QED) is 0.813. The predicted molar refractivity (Wildman–Crippen MR) is 53.5 cm³/mol. The van der Waals surface area contributed by atoms with Crippen LogP contribution in [0.1, 0.15) is 6.92 Å². The van der Waals surface area contributed by atoms with Crippen molar-refractivity contribution >= 4 is 39.1 Å². The fourth-order valence-electron chi connectivity index (χ4n) is 0.793. The number of hydrogen-bond donors (Lipinski definition) is 1. The van der Waals surface area contributed by atoms with Crippen LogP contribution in [-0.4, -0.2) is 5.91 Å². The second kappa shape index (κ2) is 3.92. The van der Waals surface area contributed by atoms with E-state index in [0.29, 0.717) is 10.7 Å². The third-order valence-electron chi connectivity index (χ3n) is 1.26. The number of carbonyl (C=O) groups is 1. The minimum atomic E-state index is -0.135. The van der Waals surface area contributed by atoms with Gasteiger partial charge >= 0.3 is 0 Å². The van der Waals surface area contributed by atoms with Crippen LogP contribution in [0, 0.1) is 0 Å². The van der Waals surface area contributed by atoms with E-state index in [4.69, 9.17) is 11.6 Å². The molecule has 1 rings (SSSR count). The fourth-order valence-corrected chi connectivity index (χ4v) is 1.59. The first-order chi connectivity index (χ1) is 5.61. The Kier molecular flexibility index (Phi) is 3.12. The zero-order valence-corrected chi connectivity index (χ0v) is 8.74. The van der Waals surface area contributed by atoms with Crippen LogP contribution in [0.25, 0.3) is 0 Å². The smallest absolute Gasteiger partial charge is 0.221 e. The van der Waals surface area contributed by atoms with Crippen LogP contribution in [0.4, 0.5) is 5.69 Å². The van der Waals surface area contributed by atoms with E-state index in [0.717, 1.165) is 4.47 Å². The minimum absolute atomic E-state index is 0.135. The molecule has 0 atom stereocenters. The third kappa shape index (κ3) is 2.22. The summed E-state index contributed by atoms with van der Waals surface area (Å²) < 4.78 is 0.783. The van der Waals surface area contributed by atoms with Gasteiger partial charge in [-0.1, -0.05) is 17.7 Å². The molecule has 0 aliphatic heterocycles. The van der Waals surface area contributed by atoms with Gasteiger partial charge in [-0.15, -0.1) is 0 Å². The first-order valence-corrected chi connectivity index (χ1v) is 4.50. The minimum Gasteiger partial charge on any atom is -0.324 e. The number of benzene rings is 1. The lowest BCUT2D eigenvalue weighted by atomic mass is 10.3. The molecule has 1 aromatic rings. The lowest BCUT2D eigenvalue weighted by Crippen LogP contribution is -2.06. The van der Waals surface area contributed by atoms with E-state index in [1.807, 2.05) is 6.07 Å². The van der Waals surface area contributed by atoms with Crippen LogP contribution in [0.3, 0.4) is 0 Å². The topological polar surface area (TPSA) is 29.1 Å². The Bertz CT molecular complexity index is 294. The fraction of sp³-hybridized carbons (Fsp3) is 0.125. The maximum atomic E-state index is 10.7. The molecule has 0 radical (unpaired) electrons. The Morgan fingerprint density at radius 1 is 1.58 bits per heavy atom. The molecule has 0 aliphatic carbocycles. The van der Waals surface area contributed by atoms with Gasteiger partial charge in [-0.25, -0.2) is 0 Å². The van der Waals surface area contributed by atoms with Crippen molar-refractivity contribution in [2.24, 2.45) is 0 Å². The van der Waals surface area contributed by atoms with Gasteiger partial charge in [0.05, 0.1) is 10.7 Å². The second-order valence-corrected chi connectivity index (χ2v) is 3.54. The van der Waals surface area contributed by atoms with Crippen LogP contribution < -0.4 is 5.32 Å². The lowest BCUT2D eigenvalue weighted by molar-refractivity contribution is -0.114. The van der Waals surface area contributed by atoms with Gasteiger partial charge in [0, 0.05) is 11.4 Å². The van der Waals surface area contributed by atoms with Crippen LogP contribution in [0.5, 0.6) is 0 Å². The molecule has 1 N–H and O–H groups in total. The highest BCUT2D eigenvalue weighted by Crippen LogP contribution is 2.29. The summed E-state index contributed by atoms with van der Waals surface area (Å²) in [7, 11) is 0. The molecule has 0 spiro atoms. The van der Waals surface area contributed by atoms with Gasteiger partial charge in [-0.2, -0.15) is 0 Å². The maximum absolute atomic E-state index is 10.7. The molecule has 1 aromatic carbocycles. The van der Waals surface area contributed by atoms with Gasteiger partial charge in [-0.3, -0.25) is 4.79 Å². The molecule has 64 valence electrons. The molecule has 0 fully saturated rings. The van der Waals surface area contributed by atoms with Gasteiger partial charge in [0.25, 0.3) is 0 Å². The summed E-state index contributed by atoms with van der Waals surface area (Å²) in [6.07, 6.45) is 0. The summed E-state index contributed by atoms with van der Waals surface area (Å²) in [6.45, 7) is 1.44. The zero-order valence-electron chi connectivity index (χ0n) is 6.40. The second-order valence-electron chi connectivity index (χ2n) is 2.28. The van der Waals surface area contributed by atoms with Crippen molar-refractivity contribution in [1.82, 2.24) is 0 Å². The Morgan fingerprint density at radius 3 is 2.75 bits per heavy atom. The first kappa shape index (κ1) is 9.55. The molecule has 0 bridgehead atoms. The molecule has 2 nitrogen and oxygen atoms in total. The lowest BCUT2D eigenvalue weighted by Gasteiger charge is -2.06. The van der Waals surface area contributed by atoms with Crippen molar-refractivity contribution in [3.63, 3.8) is 0 Å². The number of anilines is 1. The van der Waals surface area contributed by atoms with Gasteiger partial charge in [-0.05, 0) is 28.1 Å². The Morgan fingerprint density at radius 2 is 2.25 bits per heavy atom. The van der Waals surface area contributed by atoms with Gasteiger partial charge in [0.1, 0.15) is 0 Å². The van der Waals surface area contributed by atoms with E-state index in [-0.39, 0.29) is 5.91 Å². The van der Waals surface area contributed by atoms with Crippen molar-refractivity contribution in [3.05, 3.63) is 27.7 Å². The molecular formula is C8H7BrClNO. The molecule has 0 aliphatic rings. The summed E-state index contributed by atoms with van der Waals surface area (Å²) in [5.74, 6) is -0.135. The van der Waals surface area contributed by atoms with E-state index in [9.17, 15) is 4.79 Å². The average molecular weight is 249 g/mol. The van der Waals surface area contributed by atoms with Gasteiger partial charge < -0.3 is 5.32 Å². The predicted octanol–water partition coefficient (Wildman–Crippen LogP) is 3.06. The van der Waals surface area contributed by atoms with Crippen molar-refractivity contribution in [2.75, 3.05) is 5.32 Å². The molecule has 12 heavy (non-hydrogen) atoms. The highest BCUT2D eigenvalue weighted by Gasteiger charge is 2.04. The number of nitrogens with one attached hydrogen (secondary N) is 1. The van der Waals surface area contributed by atoms with E-state index >= 15 is 0 Å². The maximum Gasteiger partial charge on any atom is 0.221 e. The summed E-state index contributed by atoms with van der Waals surface area (Å²) in [6, 6.07) is 5.34. The number of halogens is 2. The largest absolute Gasteiger partial charge is 0.324 e. The average Bonchev–Trinajstić information content (AvgIpc) is 1.97. The summed E-state index contributed by atoms with van der Waals surface area (Å²) in [5.41, 5.74) is 0.617. The number of hydrogen-bond acceptors (Lipinski definition) is 1. The molecule has 0 aromatic heterocycles. The van der Waals surface area contributed by atoms with Crippen molar-refractivity contribution in [1.29, 1.82) is 0 Å². The zero-order chi connectivity index (χ0) is 9.14. The summed E-state index contributed by atoms with van der Waals surface area (Å²) in [5, 5.41) is 3.15. The van der Waals surface area contributed by atoms with Crippen LogP contribution in [0.2, 0.25) is 5.02 Å². The van der Waals surface area contributed by atoms with E-state index in [1.165, 1.54) is 6.92 Å². The summed E-state index contributed by atoms with van der Waals surface area (Å²) in [4.78, 5) is 10.7. The van der Waals surface area contributed by atoms with E-state index in [1.54, 1.807) is 12.1 Å². The molecular weight excluding hydrogens is 241 g/mol. The molecule has 4 heteroatoms. The molecule has 0 saturated carbocycles. The van der Waals surface area contributed by atoms with Gasteiger partial charge in [0.2, 0.25) is 5.91 Å². The highest BCUT2D eigenvalue weighted by molar-refractivity contribution is 9.10. The SMILES string of the molecule is CC(=O)Nc1c(Cl)cccc1Br. The Labute approximate surface area is 84.0 Å². The Hall–Kier alpha value is -0.540. The standard InChI is InChI=1S/C8H7BrClNO/c1-5(12)11-8-6(9)3-2-4-7(8)10/h2-4H,1H3,(H,11,12). The van der Waals surface area contributed by atoms with E-state index < -0.39 is 0 Å². The van der Waals surface area contributed by atoms with E-state index in [2.05, 4.69) is 21.2 Å². The summed E-state index contributed by atoms with van der Waals surface area (Å²) >= 11 is 9.11. The number of rotatable bonds is 1. The van der Waals surface area contributed by atoms with Crippen molar-refractivity contribution in [3.8, 4) is 0 Å². The molecule has 0 unspecified atom stereocenters.